The minimum Gasteiger partial charge on any atom is -0.390 e. The molecule has 0 heterocycles. The second-order valence-electron chi connectivity index (χ2n) is 7.10. The zero-order chi connectivity index (χ0) is 11.4. The maximum absolute atomic E-state index is 10.7. The van der Waals surface area contributed by atoms with E-state index in [4.69, 9.17) is 0 Å². The van der Waals surface area contributed by atoms with E-state index in [0.717, 1.165) is 18.3 Å². The highest BCUT2D eigenvalue weighted by atomic mass is 16.3. The Morgan fingerprint density at radius 2 is 1.69 bits per heavy atom. The van der Waals surface area contributed by atoms with Crippen molar-refractivity contribution in [1.82, 2.24) is 0 Å². The van der Waals surface area contributed by atoms with Gasteiger partial charge in [-0.2, -0.15) is 0 Å². The van der Waals surface area contributed by atoms with Crippen LogP contribution in [0.5, 0.6) is 0 Å². The molecule has 3 saturated carbocycles. The molecule has 0 radical (unpaired) electrons. The molecule has 3 aliphatic carbocycles. The van der Waals surface area contributed by atoms with E-state index in [1.807, 2.05) is 0 Å². The normalized spacial score (nSPS) is 56.8. The van der Waals surface area contributed by atoms with Crippen LogP contribution in [0.2, 0.25) is 0 Å². The second kappa shape index (κ2) is 3.48. The van der Waals surface area contributed by atoms with E-state index in [9.17, 15) is 5.11 Å². The molecule has 0 aromatic carbocycles. The van der Waals surface area contributed by atoms with Crippen LogP contribution in [0.4, 0.5) is 0 Å². The molecule has 5 atom stereocenters. The Labute approximate surface area is 99.6 Å². The van der Waals surface area contributed by atoms with Crippen molar-refractivity contribution in [1.29, 1.82) is 0 Å². The van der Waals surface area contributed by atoms with E-state index in [1.54, 1.807) is 0 Å². The lowest BCUT2D eigenvalue weighted by Crippen LogP contribution is -2.65. The lowest BCUT2D eigenvalue weighted by atomic mass is 9.39. The highest BCUT2D eigenvalue weighted by Gasteiger charge is 2.64. The average molecular weight is 222 g/mol. The minimum absolute atomic E-state index is 0.363. The molecule has 0 aromatic rings. The fraction of sp³-hybridized carbons (Fsp3) is 1.00. The smallest absolute Gasteiger partial charge is 0.0655 e. The van der Waals surface area contributed by atoms with Crippen molar-refractivity contribution in [3.05, 3.63) is 0 Å². The van der Waals surface area contributed by atoms with E-state index in [1.165, 1.54) is 44.9 Å². The SMILES string of the molecule is CC1(O)CCCC2(C)C3CCCCCC3C12. The van der Waals surface area contributed by atoms with Crippen molar-refractivity contribution < 1.29 is 5.11 Å². The van der Waals surface area contributed by atoms with Crippen LogP contribution >= 0.6 is 0 Å². The molecule has 0 saturated heterocycles. The van der Waals surface area contributed by atoms with Gasteiger partial charge in [0.2, 0.25) is 0 Å². The Balaban J connectivity index is 1.89. The maximum Gasteiger partial charge on any atom is 0.0655 e. The van der Waals surface area contributed by atoms with Crippen molar-refractivity contribution in [3.63, 3.8) is 0 Å². The van der Waals surface area contributed by atoms with Gasteiger partial charge in [-0.1, -0.05) is 32.6 Å². The largest absolute Gasteiger partial charge is 0.390 e. The van der Waals surface area contributed by atoms with E-state index in [0.29, 0.717) is 11.3 Å². The van der Waals surface area contributed by atoms with Crippen molar-refractivity contribution in [2.75, 3.05) is 0 Å². The van der Waals surface area contributed by atoms with Crippen LogP contribution in [0.3, 0.4) is 0 Å². The standard InChI is InChI=1S/C15H26O/c1-14-9-6-10-15(2,16)13(14)11-7-4-3-5-8-12(11)14/h11-13,16H,3-10H2,1-2H3. The second-order valence-corrected chi connectivity index (χ2v) is 7.10. The summed E-state index contributed by atoms with van der Waals surface area (Å²) in [5.41, 5.74) is 0.120. The highest BCUT2D eigenvalue weighted by molar-refractivity contribution is 5.13. The van der Waals surface area contributed by atoms with Gasteiger partial charge in [0.15, 0.2) is 0 Å². The quantitative estimate of drug-likeness (QED) is 0.662. The van der Waals surface area contributed by atoms with Crippen LogP contribution in [-0.2, 0) is 0 Å². The van der Waals surface area contributed by atoms with Gasteiger partial charge in [0, 0.05) is 0 Å². The summed E-state index contributed by atoms with van der Waals surface area (Å²) in [6.07, 6.45) is 10.7. The molecule has 5 unspecified atom stereocenters. The first-order valence-corrected chi connectivity index (χ1v) is 7.28. The van der Waals surface area contributed by atoms with Crippen molar-refractivity contribution in [2.45, 2.75) is 70.8 Å². The van der Waals surface area contributed by atoms with E-state index in [2.05, 4.69) is 13.8 Å². The topological polar surface area (TPSA) is 20.2 Å². The summed E-state index contributed by atoms with van der Waals surface area (Å²) in [6, 6.07) is 0. The van der Waals surface area contributed by atoms with Gasteiger partial charge < -0.3 is 5.11 Å². The first kappa shape index (κ1) is 11.1. The van der Waals surface area contributed by atoms with Gasteiger partial charge in [-0.05, 0) is 55.8 Å². The molecule has 1 nitrogen and oxygen atoms in total. The fourth-order valence-corrected chi connectivity index (χ4v) is 5.65. The number of hydrogen-bond donors (Lipinski definition) is 1. The van der Waals surface area contributed by atoms with Crippen molar-refractivity contribution in [3.8, 4) is 0 Å². The average Bonchev–Trinajstić information content (AvgIpc) is 2.38. The molecule has 92 valence electrons. The predicted octanol–water partition coefficient (Wildman–Crippen LogP) is 3.75. The van der Waals surface area contributed by atoms with Gasteiger partial charge in [0.05, 0.1) is 5.60 Å². The molecule has 0 spiro atoms. The molecule has 3 rings (SSSR count). The van der Waals surface area contributed by atoms with Crippen LogP contribution in [0.15, 0.2) is 0 Å². The molecule has 1 N–H and O–H groups in total. The maximum atomic E-state index is 10.7. The Morgan fingerprint density at radius 3 is 2.50 bits per heavy atom. The van der Waals surface area contributed by atoms with Crippen molar-refractivity contribution >= 4 is 0 Å². The molecule has 16 heavy (non-hydrogen) atoms. The zero-order valence-electron chi connectivity index (χ0n) is 10.8. The Bertz CT molecular complexity index is 283. The zero-order valence-corrected chi connectivity index (χ0v) is 10.8. The number of aliphatic hydroxyl groups is 1. The molecule has 0 bridgehead atoms. The number of rotatable bonds is 0. The Kier molecular flexibility index (Phi) is 2.41. The monoisotopic (exact) mass is 222 g/mol. The number of fused-ring (bicyclic) bond motifs is 4. The highest BCUT2D eigenvalue weighted by Crippen LogP contribution is 2.68. The lowest BCUT2D eigenvalue weighted by molar-refractivity contribution is -0.232. The summed E-state index contributed by atoms with van der Waals surface area (Å²) in [5.74, 6) is 2.39. The van der Waals surface area contributed by atoms with Crippen LogP contribution in [0.1, 0.15) is 65.2 Å². The first-order valence-electron chi connectivity index (χ1n) is 7.28. The molecule has 0 aromatic heterocycles. The van der Waals surface area contributed by atoms with E-state index >= 15 is 0 Å². The molecular weight excluding hydrogens is 196 g/mol. The van der Waals surface area contributed by atoms with Gasteiger partial charge >= 0.3 is 0 Å². The summed E-state index contributed by atoms with van der Waals surface area (Å²) in [4.78, 5) is 0. The van der Waals surface area contributed by atoms with E-state index < -0.39 is 0 Å². The summed E-state index contributed by atoms with van der Waals surface area (Å²) in [5, 5.41) is 10.7. The molecular formula is C15H26O. The molecule has 1 heteroatoms. The van der Waals surface area contributed by atoms with Crippen LogP contribution < -0.4 is 0 Å². The lowest BCUT2D eigenvalue weighted by Gasteiger charge is -2.67. The molecule has 0 aliphatic heterocycles. The first-order chi connectivity index (χ1) is 7.56. The summed E-state index contributed by atoms with van der Waals surface area (Å²) < 4.78 is 0. The summed E-state index contributed by atoms with van der Waals surface area (Å²) in [6.45, 7) is 4.58. The summed E-state index contributed by atoms with van der Waals surface area (Å²) in [7, 11) is 0. The summed E-state index contributed by atoms with van der Waals surface area (Å²) >= 11 is 0. The molecule has 0 amide bonds. The van der Waals surface area contributed by atoms with Gasteiger partial charge in [-0.25, -0.2) is 0 Å². The van der Waals surface area contributed by atoms with E-state index in [-0.39, 0.29) is 5.60 Å². The third kappa shape index (κ3) is 1.33. The third-order valence-corrected chi connectivity index (χ3v) is 6.12. The van der Waals surface area contributed by atoms with Gasteiger partial charge in [-0.3, -0.25) is 0 Å². The predicted molar refractivity (Wildman–Crippen MR) is 66.1 cm³/mol. The van der Waals surface area contributed by atoms with Crippen molar-refractivity contribution in [2.24, 2.45) is 23.2 Å². The Hall–Kier alpha value is -0.0400. The van der Waals surface area contributed by atoms with Gasteiger partial charge in [0.25, 0.3) is 0 Å². The van der Waals surface area contributed by atoms with Gasteiger partial charge in [-0.15, -0.1) is 0 Å². The minimum atomic E-state index is -0.363. The molecule has 3 aliphatic rings. The van der Waals surface area contributed by atoms with Crippen LogP contribution in [-0.4, -0.2) is 10.7 Å². The molecule has 3 fully saturated rings. The number of hydrogen-bond acceptors (Lipinski definition) is 1. The van der Waals surface area contributed by atoms with Crippen LogP contribution in [0, 0.1) is 23.2 Å². The fourth-order valence-electron chi connectivity index (χ4n) is 5.65. The Morgan fingerprint density at radius 1 is 0.938 bits per heavy atom. The third-order valence-electron chi connectivity index (χ3n) is 6.12. The van der Waals surface area contributed by atoms with Crippen LogP contribution in [0.25, 0.3) is 0 Å². The van der Waals surface area contributed by atoms with Gasteiger partial charge in [0.1, 0.15) is 0 Å².